The van der Waals surface area contributed by atoms with Crippen molar-refractivity contribution in [1.82, 2.24) is 0 Å². The molecule has 2 saturated heterocycles. The summed E-state index contributed by atoms with van der Waals surface area (Å²) in [6, 6.07) is 0. The first kappa shape index (κ1) is 46.8. The first-order valence-corrected chi connectivity index (χ1v) is 20.7. The molecule has 0 amide bonds. The predicted molar refractivity (Wildman–Crippen MR) is 206 cm³/mol. The van der Waals surface area contributed by atoms with Crippen LogP contribution in [0.4, 0.5) is 0 Å². The maximum Gasteiger partial charge on any atom is 0.0571 e. The first-order valence-electron chi connectivity index (χ1n) is 20.7. The van der Waals surface area contributed by atoms with Crippen molar-refractivity contribution in [3.63, 3.8) is 0 Å². The third kappa shape index (κ3) is 26.3. The molecule has 0 aromatic heterocycles. The van der Waals surface area contributed by atoms with Gasteiger partial charge in [-0.15, -0.1) is 0 Å². The van der Waals surface area contributed by atoms with Gasteiger partial charge >= 0.3 is 0 Å². The molecule has 2 aliphatic heterocycles. The van der Waals surface area contributed by atoms with E-state index >= 15 is 0 Å². The van der Waals surface area contributed by atoms with Gasteiger partial charge in [-0.1, -0.05) is 95.4 Å². The van der Waals surface area contributed by atoms with Crippen LogP contribution in [-0.4, -0.2) is 50.9 Å². The summed E-state index contributed by atoms with van der Waals surface area (Å²) in [6.45, 7) is 29.2. The van der Waals surface area contributed by atoms with Crippen molar-refractivity contribution in [1.29, 1.82) is 0 Å². The van der Waals surface area contributed by atoms with E-state index in [0.717, 1.165) is 92.5 Å². The van der Waals surface area contributed by atoms with Gasteiger partial charge in [-0.25, -0.2) is 0 Å². The lowest BCUT2D eigenvalue weighted by atomic mass is 9.80. The van der Waals surface area contributed by atoms with Crippen LogP contribution in [0.15, 0.2) is 0 Å². The van der Waals surface area contributed by atoms with E-state index < -0.39 is 0 Å². The first-order chi connectivity index (χ1) is 22.3. The molecule has 0 unspecified atom stereocenters. The highest BCUT2D eigenvalue weighted by Gasteiger charge is 2.23. The Balaban J connectivity index is 0.000000567. The van der Waals surface area contributed by atoms with E-state index in [0.29, 0.717) is 6.10 Å². The molecule has 4 fully saturated rings. The fourth-order valence-corrected chi connectivity index (χ4v) is 7.40. The number of hydrogen-bond donors (Lipinski definition) is 1. The van der Waals surface area contributed by atoms with E-state index in [9.17, 15) is 5.11 Å². The summed E-state index contributed by atoms with van der Waals surface area (Å²) in [6.07, 6.45) is 21.1. The summed E-state index contributed by atoms with van der Waals surface area (Å²) in [4.78, 5) is 0. The molecule has 0 aromatic carbocycles. The van der Waals surface area contributed by atoms with E-state index in [1.54, 1.807) is 0 Å². The van der Waals surface area contributed by atoms with Crippen LogP contribution in [0.5, 0.6) is 0 Å². The molecule has 4 nitrogen and oxygen atoms in total. The number of rotatable bonds is 9. The number of aliphatic hydroxyl groups is 1. The van der Waals surface area contributed by atoms with E-state index in [1.807, 2.05) is 7.11 Å². The van der Waals surface area contributed by atoms with Crippen LogP contribution in [0.2, 0.25) is 0 Å². The zero-order valence-corrected chi connectivity index (χ0v) is 34.2. The molecule has 284 valence electrons. The summed E-state index contributed by atoms with van der Waals surface area (Å²) in [7, 11) is 1.83. The highest BCUT2D eigenvalue weighted by Crippen LogP contribution is 2.31. The van der Waals surface area contributed by atoms with Crippen LogP contribution in [0, 0.1) is 53.3 Å². The normalized spacial score (nSPS) is 25.7. The second-order valence-corrected chi connectivity index (χ2v) is 17.2. The Morgan fingerprint density at radius 2 is 0.957 bits per heavy atom. The van der Waals surface area contributed by atoms with Gasteiger partial charge in [0.1, 0.15) is 0 Å². The Kier molecular flexibility index (Phi) is 29.5. The molecular formula is C43H88O4. The van der Waals surface area contributed by atoms with Crippen molar-refractivity contribution in [3.8, 4) is 0 Å². The number of methoxy groups -OCH3 is 1. The van der Waals surface area contributed by atoms with Crippen molar-refractivity contribution < 1.29 is 19.3 Å². The van der Waals surface area contributed by atoms with Gasteiger partial charge in [-0.2, -0.15) is 0 Å². The smallest absolute Gasteiger partial charge is 0.0571 e. The van der Waals surface area contributed by atoms with Crippen LogP contribution >= 0.6 is 0 Å². The molecule has 2 saturated carbocycles. The molecule has 2 aliphatic carbocycles. The largest absolute Gasteiger partial charge is 0.393 e. The molecule has 0 radical (unpaired) electrons. The quantitative estimate of drug-likeness (QED) is 0.266. The third-order valence-electron chi connectivity index (χ3n) is 11.2. The number of hydrogen-bond acceptors (Lipinski definition) is 4. The molecule has 1 N–H and O–H groups in total. The second kappa shape index (κ2) is 29.6. The third-order valence-corrected chi connectivity index (χ3v) is 11.2. The van der Waals surface area contributed by atoms with Crippen LogP contribution in [-0.2, 0) is 14.2 Å². The SMILES string of the molecule is CC(C)C1CCC(O)CC1.CC(C)C1CCOCC1.CC(C)CC1CCOCC1.CCCCC(C)C.COC1CCC(C(C)C)CC1. The standard InChI is InChI=1S/C10H20O.2C9H18O.C8H16O.C7H16/c1-8(2)9-4-6-10(11-3)7-5-9;1-8(2)7-9-3-5-10-6-4-9;1-7(2)8-3-5-9(10)6-4-8;1-7(2)8-3-5-9-6-4-8;1-4-5-6-7(2)3/h8-10H,4-7H2,1-3H3;8-9H,3-7H2,1-2H3;7-10H,3-6H2,1-2H3;7-8H,3-6H2,1-2H3;7H,4-6H2,1-3H3. The highest BCUT2D eigenvalue weighted by molar-refractivity contribution is 4.75. The molecule has 4 aliphatic rings. The summed E-state index contributed by atoms with van der Waals surface area (Å²) in [5.74, 6) is 8.02. The van der Waals surface area contributed by atoms with E-state index in [1.165, 1.54) is 89.9 Å². The lowest BCUT2D eigenvalue weighted by Gasteiger charge is -2.29. The van der Waals surface area contributed by atoms with Crippen molar-refractivity contribution in [2.45, 2.75) is 191 Å². The topological polar surface area (TPSA) is 47.9 Å². The molecule has 47 heavy (non-hydrogen) atoms. The minimum atomic E-state index is 0.00926. The fourth-order valence-electron chi connectivity index (χ4n) is 7.40. The second-order valence-electron chi connectivity index (χ2n) is 17.2. The zero-order valence-electron chi connectivity index (χ0n) is 34.2. The van der Waals surface area contributed by atoms with Gasteiger partial charge in [0.2, 0.25) is 0 Å². The van der Waals surface area contributed by atoms with Gasteiger partial charge < -0.3 is 19.3 Å². The molecule has 0 spiro atoms. The lowest BCUT2D eigenvalue weighted by Crippen LogP contribution is -2.23. The van der Waals surface area contributed by atoms with E-state index in [4.69, 9.17) is 14.2 Å². The maximum absolute atomic E-state index is 9.21. The van der Waals surface area contributed by atoms with Gasteiger partial charge in [0.15, 0.2) is 0 Å². The molecular weight excluding hydrogens is 580 g/mol. The van der Waals surface area contributed by atoms with Crippen molar-refractivity contribution >= 4 is 0 Å². The van der Waals surface area contributed by atoms with Gasteiger partial charge in [0.25, 0.3) is 0 Å². The van der Waals surface area contributed by atoms with Gasteiger partial charge in [0, 0.05) is 33.5 Å². The Morgan fingerprint density at radius 1 is 0.553 bits per heavy atom. The molecule has 0 atom stereocenters. The Bertz CT molecular complexity index is 632. The minimum absolute atomic E-state index is 0.00926. The van der Waals surface area contributed by atoms with Crippen LogP contribution < -0.4 is 0 Å². The summed E-state index contributed by atoms with van der Waals surface area (Å²) >= 11 is 0. The summed E-state index contributed by atoms with van der Waals surface area (Å²) < 4.78 is 15.9. The summed E-state index contributed by atoms with van der Waals surface area (Å²) in [5.41, 5.74) is 0. The number of unbranched alkanes of at least 4 members (excludes halogenated alkanes) is 1. The fraction of sp³-hybridized carbons (Fsp3) is 1.00. The van der Waals surface area contributed by atoms with Crippen LogP contribution in [0.25, 0.3) is 0 Å². The average Bonchev–Trinajstić information content (AvgIpc) is 3.06. The molecule has 4 heteroatoms. The minimum Gasteiger partial charge on any atom is -0.393 e. The molecule has 2 heterocycles. The highest BCUT2D eigenvalue weighted by atomic mass is 16.5. The zero-order chi connectivity index (χ0) is 35.6. The van der Waals surface area contributed by atoms with Crippen molar-refractivity contribution in [2.24, 2.45) is 53.3 Å². The lowest BCUT2D eigenvalue weighted by molar-refractivity contribution is 0.0495. The predicted octanol–water partition coefficient (Wildman–Crippen LogP) is 12.4. The molecule has 4 rings (SSSR count). The Morgan fingerprint density at radius 3 is 1.28 bits per heavy atom. The molecule has 0 aromatic rings. The Hall–Kier alpha value is -0.160. The van der Waals surface area contributed by atoms with Gasteiger partial charge in [0.05, 0.1) is 12.2 Å². The van der Waals surface area contributed by atoms with Crippen LogP contribution in [0.1, 0.15) is 179 Å². The number of aliphatic hydroxyl groups excluding tert-OH is 1. The number of ether oxygens (including phenoxy) is 3. The van der Waals surface area contributed by atoms with Crippen LogP contribution in [0.3, 0.4) is 0 Å². The maximum atomic E-state index is 9.21. The van der Waals surface area contributed by atoms with E-state index in [2.05, 4.69) is 76.2 Å². The van der Waals surface area contributed by atoms with Crippen molar-refractivity contribution in [2.75, 3.05) is 33.5 Å². The molecule has 0 bridgehead atoms. The van der Waals surface area contributed by atoms with Crippen molar-refractivity contribution in [3.05, 3.63) is 0 Å². The average molecular weight is 669 g/mol. The summed E-state index contributed by atoms with van der Waals surface area (Å²) in [5, 5.41) is 9.21. The van der Waals surface area contributed by atoms with Gasteiger partial charge in [-0.05, 0) is 137 Å². The monoisotopic (exact) mass is 669 g/mol. The van der Waals surface area contributed by atoms with Gasteiger partial charge in [-0.3, -0.25) is 0 Å². The van der Waals surface area contributed by atoms with E-state index in [-0.39, 0.29) is 6.10 Å². The Labute approximate surface area is 296 Å².